The SMILES string of the molecule is Cc1ccc(S(=O)(=O)NCC(=O)NC(C)(C)C)c(Br)c1. The zero-order chi connectivity index (χ0) is 15.6. The standard InChI is InChI=1S/C13H19BrN2O3S/c1-9-5-6-11(10(14)7-9)20(18,19)15-8-12(17)16-13(2,3)4/h5-7,15H,8H2,1-4H3,(H,16,17). The maximum absolute atomic E-state index is 12.1. The zero-order valence-electron chi connectivity index (χ0n) is 12.0. The van der Waals surface area contributed by atoms with Gasteiger partial charge >= 0.3 is 0 Å². The van der Waals surface area contributed by atoms with E-state index in [2.05, 4.69) is 26.0 Å². The summed E-state index contributed by atoms with van der Waals surface area (Å²) in [6, 6.07) is 4.92. The lowest BCUT2D eigenvalue weighted by atomic mass is 10.1. The second-order valence-electron chi connectivity index (χ2n) is 5.56. The molecule has 0 aliphatic rings. The summed E-state index contributed by atoms with van der Waals surface area (Å²) in [7, 11) is -3.72. The smallest absolute Gasteiger partial charge is 0.242 e. The topological polar surface area (TPSA) is 75.3 Å². The maximum Gasteiger partial charge on any atom is 0.242 e. The fourth-order valence-corrected chi connectivity index (χ4v) is 3.70. The van der Waals surface area contributed by atoms with Gasteiger partial charge in [-0.15, -0.1) is 0 Å². The van der Waals surface area contributed by atoms with Gasteiger partial charge in [-0.2, -0.15) is 0 Å². The first kappa shape index (κ1) is 17.1. The van der Waals surface area contributed by atoms with E-state index in [9.17, 15) is 13.2 Å². The summed E-state index contributed by atoms with van der Waals surface area (Å²) in [6.45, 7) is 7.06. The van der Waals surface area contributed by atoms with Crippen LogP contribution in [0.2, 0.25) is 0 Å². The normalized spacial score (nSPS) is 12.2. The predicted octanol–water partition coefficient (Wildman–Crippen LogP) is 1.95. The van der Waals surface area contributed by atoms with Crippen LogP contribution in [0.15, 0.2) is 27.6 Å². The summed E-state index contributed by atoms with van der Waals surface area (Å²) < 4.78 is 27.0. The van der Waals surface area contributed by atoms with Gasteiger partial charge in [0.2, 0.25) is 15.9 Å². The van der Waals surface area contributed by atoms with Crippen LogP contribution < -0.4 is 10.0 Å². The molecule has 0 saturated heterocycles. The minimum atomic E-state index is -3.72. The molecule has 0 aromatic heterocycles. The van der Waals surface area contributed by atoms with E-state index >= 15 is 0 Å². The lowest BCUT2D eigenvalue weighted by Crippen LogP contribution is -2.45. The Labute approximate surface area is 128 Å². The van der Waals surface area contributed by atoms with Crippen molar-refractivity contribution < 1.29 is 13.2 Å². The van der Waals surface area contributed by atoms with Crippen molar-refractivity contribution in [3.63, 3.8) is 0 Å². The van der Waals surface area contributed by atoms with Crippen LogP contribution in [0.25, 0.3) is 0 Å². The quantitative estimate of drug-likeness (QED) is 0.859. The van der Waals surface area contributed by atoms with E-state index in [-0.39, 0.29) is 17.3 Å². The highest BCUT2D eigenvalue weighted by Gasteiger charge is 2.20. The van der Waals surface area contributed by atoms with Gasteiger partial charge in [0.15, 0.2) is 0 Å². The monoisotopic (exact) mass is 362 g/mol. The molecule has 1 aromatic rings. The third kappa shape index (κ3) is 5.22. The molecule has 0 bridgehead atoms. The lowest BCUT2D eigenvalue weighted by Gasteiger charge is -2.20. The van der Waals surface area contributed by atoms with Crippen LogP contribution in [0, 0.1) is 6.92 Å². The largest absolute Gasteiger partial charge is 0.350 e. The van der Waals surface area contributed by atoms with Crippen LogP contribution in [0.5, 0.6) is 0 Å². The van der Waals surface area contributed by atoms with Crippen LogP contribution in [0.4, 0.5) is 0 Å². The van der Waals surface area contributed by atoms with Crippen molar-refractivity contribution in [3.05, 3.63) is 28.2 Å². The van der Waals surface area contributed by atoms with Crippen molar-refractivity contribution in [1.82, 2.24) is 10.0 Å². The Hall–Kier alpha value is -0.920. The molecule has 0 aliphatic carbocycles. The number of halogens is 1. The number of carbonyl (C=O) groups is 1. The number of benzene rings is 1. The number of sulfonamides is 1. The minimum Gasteiger partial charge on any atom is -0.350 e. The van der Waals surface area contributed by atoms with E-state index in [1.54, 1.807) is 12.1 Å². The molecular weight excluding hydrogens is 344 g/mol. The molecule has 0 fully saturated rings. The summed E-state index contributed by atoms with van der Waals surface area (Å²) in [4.78, 5) is 11.7. The molecule has 112 valence electrons. The van der Waals surface area contributed by atoms with Crippen LogP contribution >= 0.6 is 15.9 Å². The van der Waals surface area contributed by atoms with Gasteiger partial charge in [-0.05, 0) is 61.3 Å². The van der Waals surface area contributed by atoms with Crippen molar-refractivity contribution in [1.29, 1.82) is 0 Å². The Morgan fingerprint density at radius 1 is 1.30 bits per heavy atom. The zero-order valence-corrected chi connectivity index (χ0v) is 14.4. The number of carbonyl (C=O) groups excluding carboxylic acids is 1. The number of rotatable bonds is 4. The fraction of sp³-hybridized carbons (Fsp3) is 0.462. The van der Waals surface area contributed by atoms with Crippen molar-refractivity contribution in [2.24, 2.45) is 0 Å². The van der Waals surface area contributed by atoms with E-state index in [1.165, 1.54) is 6.07 Å². The molecule has 0 atom stereocenters. The molecule has 1 aromatic carbocycles. The molecule has 0 aliphatic heterocycles. The van der Waals surface area contributed by atoms with Crippen molar-refractivity contribution in [3.8, 4) is 0 Å². The first-order valence-corrected chi connectivity index (χ1v) is 8.36. The summed E-state index contributed by atoms with van der Waals surface area (Å²) >= 11 is 3.22. The molecule has 0 saturated carbocycles. The number of aryl methyl sites for hydroxylation is 1. The van der Waals surface area contributed by atoms with Gasteiger partial charge in [0.25, 0.3) is 0 Å². The Morgan fingerprint density at radius 2 is 1.90 bits per heavy atom. The highest BCUT2D eigenvalue weighted by atomic mass is 79.9. The van der Waals surface area contributed by atoms with Crippen LogP contribution in [0.3, 0.4) is 0 Å². The van der Waals surface area contributed by atoms with Gasteiger partial charge in [-0.3, -0.25) is 4.79 Å². The molecule has 1 amide bonds. The molecule has 7 heteroatoms. The second kappa shape index (κ2) is 6.24. The van der Waals surface area contributed by atoms with Gasteiger partial charge in [0.05, 0.1) is 11.4 Å². The fourth-order valence-electron chi connectivity index (χ4n) is 1.52. The Kier molecular flexibility index (Phi) is 5.34. The highest BCUT2D eigenvalue weighted by Crippen LogP contribution is 2.22. The van der Waals surface area contributed by atoms with Crippen molar-refractivity contribution in [2.45, 2.75) is 38.1 Å². The summed E-state index contributed by atoms with van der Waals surface area (Å²) in [5.74, 6) is -0.371. The summed E-state index contributed by atoms with van der Waals surface area (Å²) in [5.41, 5.74) is 0.550. The minimum absolute atomic E-state index is 0.117. The molecule has 0 heterocycles. The van der Waals surface area contributed by atoms with Gasteiger partial charge in [-0.25, -0.2) is 13.1 Å². The first-order chi connectivity index (χ1) is 9.01. The van der Waals surface area contributed by atoms with Gasteiger partial charge in [0.1, 0.15) is 0 Å². The van der Waals surface area contributed by atoms with Gasteiger partial charge < -0.3 is 5.32 Å². The van der Waals surface area contributed by atoms with Crippen LogP contribution in [-0.2, 0) is 14.8 Å². The number of hydrogen-bond acceptors (Lipinski definition) is 3. The Balaban J connectivity index is 2.78. The lowest BCUT2D eigenvalue weighted by molar-refractivity contribution is -0.121. The summed E-state index contributed by atoms with van der Waals surface area (Å²) in [5, 5.41) is 2.69. The van der Waals surface area contributed by atoms with Crippen molar-refractivity contribution >= 4 is 31.9 Å². The molecule has 1 rings (SSSR count). The van der Waals surface area contributed by atoms with Gasteiger partial charge in [0, 0.05) is 10.0 Å². The van der Waals surface area contributed by atoms with E-state index in [1.807, 2.05) is 27.7 Å². The van der Waals surface area contributed by atoms with E-state index < -0.39 is 15.6 Å². The van der Waals surface area contributed by atoms with E-state index in [0.29, 0.717) is 4.47 Å². The molecule has 0 spiro atoms. The number of nitrogens with one attached hydrogen (secondary N) is 2. The highest BCUT2D eigenvalue weighted by molar-refractivity contribution is 9.10. The second-order valence-corrected chi connectivity index (χ2v) is 8.15. The Morgan fingerprint density at radius 3 is 2.40 bits per heavy atom. The molecular formula is C13H19BrN2O3S. The average Bonchev–Trinajstić information content (AvgIpc) is 2.23. The average molecular weight is 363 g/mol. The third-order valence-electron chi connectivity index (χ3n) is 2.31. The number of amides is 1. The predicted molar refractivity (Wildman–Crippen MR) is 82.0 cm³/mol. The van der Waals surface area contributed by atoms with Crippen LogP contribution in [0.1, 0.15) is 26.3 Å². The molecule has 0 radical (unpaired) electrons. The molecule has 0 unspecified atom stereocenters. The molecule has 5 nitrogen and oxygen atoms in total. The first-order valence-electron chi connectivity index (χ1n) is 6.08. The molecule has 2 N–H and O–H groups in total. The van der Waals surface area contributed by atoms with Crippen LogP contribution in [-0.4, -0.2) is 26.4 Å². The number of hydrogen-bond donors (Lipinski definition) is 2. The summed E-state index contributed by atoms with van der Waals surface area (Å²) in [6.07, 6.45) is 0. The van der Waals surface area contributed by atoms with Gasteiger partial charge in [-0.1, -0.05) is 6.07 Å². The van der Waals surface area contributed by atoms with Crippen molar-refractivity contribution in [2.75, 3.05) is 6.54 Å². The third-order valence-corrected chi connectivity index (χ3v) is 4.69. The maximum atomic E-state index is 12.1. The molecule has 20 heavy (non-hydrogen) atoms. The Bertz CT molecular complexity index is 607. The van der Waals surface area contributed by atoms with E-state index in [4.69, 9.17) is 0 Å². The van der Waals surface area contributed by atoms with E-state index in [0.717, 1.165) is 5.56 Å².